The van der Waals surface area contributed by atoms with Gasteiger partial charge in [-0.2, -0.15) is 0 Å². The van der Waals surface area contributed by atoms with Gasteiger partial charge in [0.05, 0.1) is 11.7 Å². The Kier molecular flexibility index (Phi) is 5.18. The van der Waals surface area contributed by atoms with Crippen LogP contribution in [0.25, 0.3) is 21.3 Å². The zero-order valence-corrected chi connectivity index (χ0v) is 15.6. The minimum atomic E-state index is -0.334. The predicted octanol–water partition coefficient (Wildman–Crippen LogP) is 3.42. The standard InChI is InChI=1S/C19H20FN3O2S/c1-11(2)12(3)22-16(24)8-23-10-21-18-17(19(23)25)15(9-26-18)13-4-6-14(20)7-5-13/h4-7,9-12H,8H2,1-3H3,(H,22,24)/t12-/m1/s1. The molecule has 2 aromatic heterocycles. The molecule has 0 unspecified atom stereocenters. The summed E-state index contributed by atoms with van der Waals surface area (Å²) in [4.78, 5) is 30.0. The highest BCUT2D eigenvalue weighted by molar-refractivity contribution is 7.17. The van der Waals surface area contributed by atoms with Gasteiger partial charge in [0, 0.05) is 17.0 Å². The maximum Gasteiger partial charge on any atom is 0.263 e. The van der Waals surface area contributed by atoms with Crippen LogP contribution in [0.5, 0.6) is 0 Å². The Morgan fingerprint density at radius 1 is 1.27 bits per heavy atom. The van der Waals surface area contributed by atoms with Crippen LogP contribution in [0.15, 0.2) is 40.8 Å². The van der Waals surface area contributed by atoms with Crippen molar-refractivity contribution in [3.05, 3.63) is 52.1 Å². The van der Waals surface area contributed by atoms with E-state index in [-0.39, 0.29) is 29.9 Å². The number of hydrogen-bond acceptors (Lipinski definition) is 4. The van der Waals surface area contributed by atoms with Crippen LogP contribution < -0.4 is 10.9 Å². The Morgan fingerprint density at radius 3 is 2.62 bits per heavy atom. The predicted molar refractivity (Wildman–Crippen MR) is 102 cm³/mol. The Balaban J connectivity index is 1.95. The molecule has 3 aromatic rings. The second-order valence-corrected chi connectivity index (χ2v) is 7.47. The minimum absolute atomic E-state index is 0.0193. The van der Waals surface area contributed by atoms with Gasteiger partial charge in [0.2, 0.25) is 5.91 Å². The fourth-order valence-corrected chi connectivity index (χ4v) is 3.45. The molecule has 7 heteroatoms. The number of nitrogens with zero attached hydrogens (tertiary/aromatic N) is 2. The summed E-state index contributed by atoms with van der Waals surface area (Å²) in [7, 11) is 0. The number of rotatable bonds is 5. The molecule has 1 aromatic carbocycles. The number of carbonyl (C=O) groups is 1. The van der Waals surface area contributed by atoms with E-state index >= 15 is 0 Å². The molecule has 3 rings (SSSR count). The van der Waals surface area contributed by atoms with Crippen molar-refractivity contribution in [1.29, 1.82) is 0 Å². The molecular weight excluding hydrogens is 353 g/mol. The van der Waals surface area contributed by atoms with Crippen molar-refractivity contribution in [2.24, 2.45) is 5.92 Å². The summed E-state index contributed by atoms with van der Waals surface area (Å²) in [6.45, 7) is 5.88. The van der Waals surface area contributed by atoms with Crippen LogP contribution in [0.2, 0.25) is 0 Å². The molecule has 0 aliphatic heterocycles. The molecule has 0 radical (unpaired) electrons. The van der Waals surface area contributed by atoms with Crippen LogP contribution in [0, 0.1) is 11.7 Å². The first kappa shape index (κ1) is 18.3. The van der Waals surface area contributed by atoms with E-state index in [1.54, 1.807) is 12.1 Å². The first-order chi connectivity index (χ1) is 12.4. The third kappa shape index (κ3) is 3.67. The van der Waals surface area contributed by atoms with Gasteiger partial charge in [-0.05, 0) is 30.5 Å². The van der Waals surface area contributed by atoms with Crippen molar-refractivity contribution in [3.63, 3.8) is 0 Å². The molecular formula is C19H20FN3O2S. The lowest BCUT2D eigenvalue weighted by molar-refractivity contribution is -0.122. The first-order valence-electron chi connectivity index (χ1n) is 8.38. The summed E-state index contributed by atoms with van der Waals surface area (Å²) < 4.78 is 14.5. The lowest BCUT2D eigenvalue weighted by Gasteiger charge is -2.17. The second kappa shape index (κ2) is 7.37. The Morgan fingerprint density at radius 2 is 1.96 bits per heavy atom. The van der Waals surface area contributed by atoms with Gasteiger partial charge in [-0.15, -0.1) is 11.3 Å². The molecule has 2 heterocycles. The number of carbonyl (C=O) groups excluding carboxylic acids is 1. The third-order valence-corrected chi connectivity index (χ3v) is 5.30. The van der Waals surface area contributed by atoms with Gasteiger partial charge in [-0.1, -0.05) is 26.0 Å². The number of fused-ring (bicyclic) bond motifs is 1. The highest BCUT2D eigenvalue weighted by atomic mass is 32.1. The van der Waals surface area contributed by atoms with Crippen molar-refractivity contribution >= 4 is 27.5 Å². The van der Waals surface area contributed by atoms with Crippen molar-refractivity contribution in [1.82, 2.24) is 14.9 Å². The van der Waals surface area contributed by atoms with Gasteiger partial charge in [0.15, 0.2) is 0 Å². The monoisotopic (exact) mass is 373 g/mol. The summed E-state index contributed by atoms with van der Waals surface area (Å²) in [6.07, 6.45) is 1.40. The highest BCUT2D eigenvalue weighted by Gasteiger charge is 2.16. The van der Waals surface area contributed by atoms with Crippen molar-refractivity contribution < 1.29 is 9.18 Å². The molecule has 0 aliphatic rings. The van der Waals surface area contributed by atoms with E-state index in [1.165, 1.54) is 34.4 Å². The van der Waals surface area contributed by atoms with E-state index in [4.69, 9.17) is 0 Å². The number of nitrogens with one attached hydrogen (secondary N) is 1. The maximum absolute atomic E-state index is 13.2. The molecule has 1 atom stereocenters. The molecule has 0 saturated carbocycles. The van der Waals surface area contributed by atoms with Gasteiger partial charge in [0.1, 0.15) is 17.2 Å². The molecule has 1 N–H and O–H groups in total. The number of halogens is 1. The summed E-state index contributed by atoms with van der Waals surface area (Å²) in [5.41, 5.74) is 1.17. The molecule has 136 valence electrons. The largest absolute Gasteiger partial charge is 0.352 e. The average molecular weight is 373 g/mol. The van der Waals surface area contributed by atoms with E-state index in [1.807, 2.05) is 26.2 Å². The van der Waals surface area contributed by atoms with E-state index in [2.05, 4.69) is 10.3 Å². The van der Waals surface area contributed by atoms with Crippen LogP contribution in [0.4, 0.5) is 4.39 Å². The number of thiophene rings is 1. The summed E-state index contributed by atoms with van der Waals surface area (Å²) in [6, 6.07) is 5.99. The lowest BCUT2D eigenvalue weighted by Crippen LogP contribution is -2.39. The fraction of sp³-hybridized carbons (Fsp3) is 0.316. The van der Waals surface area contributed by atoms with E-state index in [0.717, 1.165) is 5.56 Å². The van der Waals surface area contributed by atoms with Gasteiger partial charge >= 0.3 is 0 Å². The van der Waals surface area contributed by atoms with Gasteiger partial charge in [0.25, 0.3) is 5.56 Å². The summed E-state index contributed by atoms with van der Waals surface area (Å²) >= 11 is 1.35. The molecule has 0 bridgehead atoms. The molecule has 0 fully saturated rings. The van der Waals surface area contributed by atoms with Crippen molar-refractivity contribution in [2.45, 2.75) is 33.4 Å². The molecule has 1 amide bonds. The van der Waals surface area contributed by atoms with Gasteiger partial charge in [-0.3, -0.25) is 14.2 Å². The van der Waals surface area contributed by atoms with Gasteiger partial charge < -0.3 is 5.32 Å². The number of amides is 1. The van der Waals surface area contributed by atoms with E-state index in [0.29, 0.717) is 21.7 Å². The van der Waals surface area contributed by atoms with Crippen molar-refractivity contribution in [3.8, 4) is 11.1 Å². The van der Waals surface area contributed by atoms with E-state index in [9.17, 15) is 14.0 Å². The van der Waals surface area contributed by atoms with Crippen molar-refractivity contribution in [2.75, 3.05) is 0 Å². The third-order valence-electron chi connectivity index (χ3n) is 4.42. The van der Waals surface area contributed by atoms with Crippen LogP contribution >= 0.6 is 11.3 Å². The number of benzene rings is 1. The molecule has 0 aliphatic carbocycles. The molecule has 0 saturated heterocycles. The lowest BCUT2D eigenvalue weighted by atomic mass is 10.1. The number of aromatic nitrogens is 2. The molecule has 5 nitrogen and oxygen atoms in total. The Hall–Kier alpha value is -2.54. The highest BCUT2D eigenvalue weighted by Crippen LogP contribution is 2.30. The SMILES string of the molecule is CC(C)[C@@H](C)NC(=O)Cn1cnc2scc(-c3ccc(F)cc3)c2c1=O. The Labute approximate surface area is 154 Å². The average Bonchev–Trinajstić information content (AvgIpc) is 3.02. The zero-order chi connectivity index (χ0) is 18.8. The topological polar surface area (TPSA) is 64.0 Å². The quantitative estimate of drug-likeness (QED) is 0.745. The first-order valence-corrected chi connectivity index (χ1v) is 9.26. The zero-order valence-electron chi connectivity index (χ0n) is 14.8. The molecule has 26 heavy (non-hydrogen) atoms. The second-order valence-electron chi connectivity index (χ2n) is 6.61. The summed E-state index contributed by atoms with van der Waals surface area (Å²) in [5, 5.41) is 5.17. The van der Waals surface area contributed by atoms with E-state index < -0.39 is 0 Å². The van der Waals surface area contributed by atoms with Crippen LogP contribution in [-0.2, 0) is 11.3 Å². The summed E-state index contributed by atoms with van der Waals surface area (Å²) in [5.74, 6) is -0.258. The fourth-order valence-electron chi connectivity index (χ4n) is 2.54. The smallest absolute Gasteiger partial charge is 0.263 e. The molecule has 0 spiro atoms. The van der Waals surface area contributed by atoms with Crippen LogP contribution in [0.3, 0.4) is 0 Å². The maximum atomic E-state index is 13.2. The Bertz CT molecular complexity index is 992. The number of hydrogen-bond donors (Lipinski definition) is 1. The minimum Gasteiger partial charge on any atom is -0.352 e. The normalized spacial score (nSPS) is 12.5. The van der Waals surface area contributed by atoms with Gasteiger partial charge in [-0.25, -0.2) is 9.37 Å². The van der Waals surface area contributed by atoms with Crippen LogP contribution in [-0.4, -0.2) is 21.5 Å². The van der Waals surface area contributed by atoms with Crippen LogP contribution in [0.1, 0.15) is 20.8 Å².